The molecule has 0 aromatic heterocycles. The molecule has 0 bridgehead atoms. The van der Waals surface area contributed by atoms with Gasteiger partial charge in [-0.2, -0.15) is 0 Å². The molecule has 9 nitrogen and oxygen atoms in total. The molecule has 0 aliphatic carbocycles. The maximum atomic E-state index is 11.5. The monoisotopic (exact) mass is 293 g/mol. The minimum Gasteiger partial charge on any atom is -0.479 e. The fraction of sp³-hybridized carbons (Fsp3) is 0.818. The molecular formula is C11H19NO8. The number of carboxylic acids is 1. The van der Waals surface area contributed by atoms with Gasteiger partial charge in [-0.3, -0.25) is 4.79 Å². The standard InChI is InChI=1S/C11H19NO8/c1-12(2)4-3-5(13)19-11-8(16)6(14)7(15)9(20-11)10(17)18/h6-9,11,14-16H,3-4H2,1-2H3,(H,17,18). The van der Waals surface area contributed by atoms with Gasteiger partial charge in [0.25, 0.3) is 0 Å². The van der Waals surface area contributed by atoms with E-state index in [0.29, 0.717) is 6.54 Å². The van der Waals surface area contributed by atoms with Gasteiger partial charge in [0.05, 0.1) is 6.42 Å². The summed E-state index contributed by atoms with van der Waals surface area (Å²) < 4.78 is 9.58. The van der Waals surface area contributed by atoms with Gasteiger partial charge in [0.1, 0.15) is 18.3 Å². The highest BCUT2D eigenvalue weighted by atomic mass is 16.7. The van der Waals surface area contributed by atoms with Crippen molar-refractivity contribution in [2.75, 3.05) is 20.6 Å². The van der Waals surface area contributed by atoms with Crippen LogP contribution < -0.4 is 0 Å². The highest BCUT2D eigenvalue weighted by Gasteiger charge is 2.48. The number of aliphatic carboxylic acids is 1. The predicted molar refractivity (Wildman–Crippen MR) is 63.6 cm³/mol. The van der Waals surface area contributed by atoms with Gasteiger partial charge in [0.15, 0.2) is 6.10 Å². The molecule has 9 heteroatoms. The normalized spacial score (nSPS) is 34.0. The Balaban J connectivity index is 2.64. The minimum atomic E-state index is -1.81. The molecule has 1 aliphatic heterocycles. The molecule has 116 valence electrons. The average molecular weight is 293 g/mol. The Morgan fingerprint density at radius 1 is 1.15 bits per heavy atom. The quantitative estimate of drug-likeness (QED) is 0.401. The molecule has 0 aromatic carbocycles. The van der Waals surface area contributed by atoms with E-state index in [4.69, 9.17) is 14.6 Å². The maximum Gasteiger partial charge on any atom is 0.335 e. The molecule has 1 heterocycles. The molecule has 1 rings (SSSR count). The Bertz CT molecular complexity index is 360. The number of hydrogen-bond acceptors (Lipinski definition) is 8. The molecule has 5 atom stereocenters. The lowest BCUT2D eigenvalue weighted by atomic mass is 9.99. The first-order valence-electron chi connectivity index (χ1n) is 6.00. The van der Waals surface area contributed by atoms with Crippen LogP contribution in [-0.2, 0) is 19.1 Å². The number of esters is 1. The number of nitrogens with zero attached hydrogens (tertiary/aromatic N) is 1. The molecule has 20 heavy (non-hydrogen) atoms. The van der Waals surface area contributed by atoms with Gasteiger partial charge in [-0.25, -0.2) is 4.79 Å². The number of aliphatic hydroxyl groups excluding tert-OH is 3. The van der Waals surface area contributed by atoms with Gasteiger partial charge in [0, 0.05) is 6.54 Å². The number of carboxylic acid groups (broad SMARTS) is 1. The van der Waals surface area contributed by atoms with Crippen molar-refractivity contribution in [3.8, 4) is 0 Å². The first kappa shape index (κ1) is 16.8. The molecule has 0 amide bonds. The third-order valence-electron chi connectivity index (χ3n) is 2.82. The van der Waals surface area contributed by atoms with Gasteiger partial charge in [-0.1, -0.05) is 0 Å². The number of hydrogen-bond donors (Lipinski definition) is 4. The Hall–Kier alpha value is -1.26. The second-order valence-electron chi connectivity index (χ2n) is 4.78. The fourth-order valence-corrected chi connectivity index (χ4v) is 1.65. The van der Waals surface area contributed by atoms with E-state index in [1.807, 2.05) is 0 Å². The van der Waals surface area contributed by atoms with Gasteiger partial charge in [-0.15, -0.1) is 0 Å². The van der Waals surface area contributed by atoms with Gasteiger partial charge in [-0.05, 0) is 14.1 Å². The Labute approximate surface area is 115 Å². The van der Waals surface area contributed by atoms with Crippen molar-refractivity contribution in [2.45, 2.75) is 37.1 Å². The Kier molecular flexibility index (Phi) is 5.84. The summed E-state index contributed by atoms with van der Waals surface area (Å²) in [6, 6.07) is 0. The lowest BCUT2D eigenvalue weighted by Crippen LogP contribution is -2.60. The molecule has 0 radical (unpaired) electrons. The third kappa shape index (κ3) is 4.12. The summed E-state index contributed by atoms with van der Waals surface area (Å²) in [6.45, 7) is 0.398. The lowest BCUT2D eigenvalue weighted by Gasteiger charge is -2.37. The van der Waals surface area contributed by atoms with Crippen molar-refractivity contribution in [1.82, 2.24) is 4.90 Å². The highest BCUT2D eigenvalue weighted by Crippen LogP contribution is 2.22. The van der Waals surface area contributed by atoms with Gasteiger partial charge in [0.2, 0.25) is 6.29 Å². The first-order chi connectivity index (χ1) is 9.23. The molecule has 1 saturated heterocycles. The van der Waals surface area contributed by atoms with E-state index in [9.17, 15) is 24.9 Å². The summed E-state index contributed by atoms with van der Waals surface area (Å²) in [5.74, 6) is -2.24. The van der Waals surface area contributed by atoms with E-state index in [1.54, 1.807) is 19.0 Å². The molecule has 4 N–H and O–H groups in total. The zero-order valence-electron chi connectivity index (χ0n) is 11.2. The van der Waals surface area contributed by atoms with E-state index in [0.717, 1.165) is 0 Å². The zero-order chi connectivity index (χ0) is 15.4. The van der Waals surface area contributed by atoms with Crippen LogP contribution in [0.1, 0.15) is 6.42 Å². The maximum absolute atomic E-state index is 11.5. The van der Waals surface area contributed by atoms with Crippen LogP contribution in [0.4, 0.5) is 0 Å². The van der Waals surface area contributed by atoms with Crippen LogP contribution in [0.15, 0.2) is 0 Å². The number of aliphatic hydroxyl groups is 3. The van der Waals surface area contributed by atoms with E-state index >= 15 is 0 Å². The highest BCUT2D eigenvalue weighted by molar-refractivity contribution is 5.73. The second-order valence-corrected chi connectivity index (χ2v) is 4.78. The molecule has 1 fully saturated rings. The first-order valence-corrected chi connectivity index (χ1v) is 6.00. The smallest absolute Gasteiger partial charge is 0.335 e. The third-order valence-corrected chi connectivity index (χ3v) is 2.82. The second kappa shape index (κ2) is 6.95. The van der Waals surface area contributed by atoms with Crippen molar-refractivity contribution in [3.63, 3.8) is 0 Å². The van der Waals surface area contributed by atoms with Crippen LogP contribution in [0.25, 0.3) is 0 Å². The Morgan fingerprint density at radius 3 is 2.25 bits per heavy atom. The summed E-state index contributed by atoms with van der Waals surface area (Å²) in [6.07, 6.45) is -8.71. The summed E-state index contributed by atoms with van der Waals surface area (Å²) in [5, 5.41) is 37.4. The molecule has 0 spiro atoms. The average Bonchev–Trinajstić information content (AvgIpc) is 2.36. The summed E-state index contributed by atoms with van der Waals surface area (Å²) in [7, 11) is 3.50. The lowest BCUT2D eigenvalue weighted by molar-refractivity contribution is -0.286. The van der Waals surface area contributed by atoms with Gasteiger partial charge >= 0.3 is 11.9 Å². The van der Waals surface area contributed by atoms with Crippen LogP contribution in [0.2, 0.25) is 0 Å². The predicted octanol–water partition coefficient (Wildman–Crippen LogP) is -2.63. The fourth-order valence-electron chi connectivity index (χ4n) is 1.65. The minimum absolute atomic E-state index is 0.00989. The van der Waals surface area contributed by atoms with E-state index in [1.165, 1.54) is 0 Å². The van der Waals surface area contributed by atoms with Crippen LogP contribution in [0, 0.1) is 0 Å². The number of rotatable bonds is 5. The molecule has 5 unspecified atom stereocenters. The van der Waals surface area contributed by atoms with Crippen molar-refractivity contribution >= 4 is 11.9 Å². The number of carbonyl (C=O) groups is 2. The van der Waals surface area contributed by atoms with Crippen LogP contribution >= 0.6 is 0 Å². The summed E-state index contributed by atoms with van der Waals surface area (Å²) in [5.41, 5.74) is 0. The van der Waals surface area contributed by atoms with Crippen molar-refractivity contribution in [2.24, 2.45) is 0 Å². The molecule has 1 aliphatic rings. The van der Waals surface area contributed by atoms with Crippen LogP contribution in [-0.4, -0.2) is 88.6 Å². The topological polar surface area (TPSA) is 137 Å². The van der Waals surface area contributed by atoms with E-state index in [-0.39, 0.29) is 6.42 Å². The van der Waals surface area contributed by atoms with Crippen LogP contribution in [0.5, 0.6) is 0 Å². The largest absolute Gasteiger partial charge is 0.479 e. The SMILES string of the molecule is CN(C)CCC(=O)OC1OC(C(=O)O)C(O)C(O)C1O. The van der Waals surface area contributed by atoms with E-state index in [2.05, 4.69) is 0 Å². The van der Waals surface area contributed by atoms with Crippen molar-refractivity contribution < 1.29 is 39.5 Å². The van der Waals surface area contributed by atoms with Crippen LogP contribution in [0.3, 0.4) is 0 Å². The van der Waals surface area contributed by atoms with Crippen molar-refractivity contribution in [1.29, 1.82) is 0 Å². The number of ether oxygens (including phenoxy) is 2. The zero-order valence-corrected chi connectivity index (χ0v) is 11.2. The molecule has 0 saturated carbocycles. The molecule has 0 aromatic rings. The van der Waals surface area contributed by atoms with Gasteiger partial charge < -0.3 is 34.8 Å². The van der Waals surface area contributed by atoms with Crippen molar-refractivity contribution in [3.05, 3.63) is 0 Å². The number of carbonyl (C=O) groups excluding carboxylic acids is 1. The van der Waals surface area contributed by atoms with E-state index < -0.39 is 42.6 Å². The molecular weight excluding hydrogens is 274 g/mol. The summed E-state index contributed by atoms with van der Waals surface area (Å²) >= 11 is 0. The Morgan fingerprint density at radius 2 is 1.75 bits per heavy atom. The summed E-state index contributed by atoms with van der Waals surface area (Å²) in [4.78, 5) is 24.1.